The van der Waals surface area contributed by atoms with E-state index in [-0.39, 0.29) is 11.7 Å². The fourth-order valence-corrected chi connectivity index (χ4v) is 2.09. The van der Waals surface area contributed by atoms with Crippen molar-refractivity contribution in [2.24, 2.45) is 5.10 Å². The molecule has 0 aliphatic heterocycles. The zero-order valence-corrected chi connectivity index (χ0v) is 11.1. The molecular formula is C16H13N3O2. The summed E-state index contributed by atoms with van der Waals surface area (Å²) in [6, 6.07) is 14.1. The van der Waals surface area contributed by atoms with E-state index in [0.717, 1.165) is 10.9 Å². The van der Waals surface area contributed by atoms with Crippen molar-refractivity contribution in [3.8, 4) is 5.75 Å². The number of hydrazone groups is 1. The van der Waals surface area contributed by atoms with Crippen LogP contribution in [0, 0.1) is 0 Å². The number of aromatic amines is 1. The number of nitrogens with one attached hydrogen (secondary N) is 2. The first-order chi connectivity index (χ1) is 10.3. The molecule has 0 radical (unpaired) electrons. The zero-order chi connectivity index (χ0) is 14.7. The Morgan fingerprint density at radius 3 is 2.86 bits per heavy atom. The third-order valence-electron chi connectivity index (χ3n) is 3.14. The number of nitrogens with zero attached hydrogens (tertiary/aromatic N) is 1. The molecule has 5 nitrogen and oxygen atoms in total. The van der Waals surface area contributed by atoms with Crippen LogP contribution in [0.3, 0.4) is 0 Å². The lowest BCUT2D eigenvalue weighted by molar-refractivity contribution is 0.0956. The van der Waals surface area contributed by atoms with Crippen LogP contribution in [0.15, 0.2) is 59.8 Å². The van der Waals surface area contributed by atoms with Crippen LogP contribution in [0.5, 0.6) is 5.75 Å². The third kappa shape index (κ3) is 2.62. The number of carbonyl (C=O) groups excluding carboxylic acids is 1. The van der Waals surface area contributed by atoms with Gasteiger partial charge in [-0.25, -0.2) is 5.43 Å². The fourth-order valence-electron chi connectivity index (χ4n) is 2.09. The van der Waals surface area contributed by atoms with Crippen LogP contribution in [0.4, 0.5) is 0 Å². The number of H-pyrrole nitrogens is 1. The lowest BCUT2D eigenvalue weighted by Crippen LogP contribution is -2.18. The van der Waals surface area contributed by atoms with Crippen molar-refractivity contribution >= 4 is 23.0 Å². The Balaban J connectivity index is 1.78. The lowest BCUT2D eigenvalue weighted by Gasteiger charge is -2.02. The third-order valence-corrected chi connectivity index (χ3v) is 3.14. The van der Waals surface area contributed by atoms with Gasteiger partial charge in [0.15, 0.2) is 0 Å². The van der Waals surface area contributed by atoms with Crippen LogP contribution >= 0.6 is 0 Å². The molecule has 3 rings (SSSR count). The van der Waals surface area contributed by atoms with Crippen LogP contribution in [0.1, 0.15) is 15.9 Å². The topological polar surface area (TPSA) is 77.5 Å². The summed E-state index contributed by atoms with van der Waals surface area (Å²) in [5.74, 6) is -0.198. The zero-order valence-electron chi connectivity index (χ0n) is 11.1. The highest BCUT2D eigenvalue weighted by Crippen LogP contribution is 2.17. The Kier molecular flexibility index (Phi) is 3.39. The van der Waals surface area contributed by atoms with Gasteiger partial charge in [-0.1, -0.05) is 24.3 Å². The van der Waals surface area contributed by atoms with E-state index >= 15 is 0 Å². The van der Waals surface area contributed by atoms with Gasteiger partial charge in [0, 0.05) is 17.1 Å². The van der Waals surface area contributed by atoms with Crippen molar-refractivity contribution in [1.29, 1.82) is 0 Å². The average molecular weight is 279 g/mol. The number of fused-ring (bicyclic) bond motifs is 1. The van der Waals surface area contributed by atoms with Gasteiger partial charge in [-0.15, -0.1) is 0 Å². The van der Waals surface area contributed by atoms with E-state index in [1.54, 1.807) is 36.5 Å². The number of phenols is 1. The molecule has 0 unspecified atom stereocenters. The molecule has 3 N–H and O–H groups in total. The molecule has 1 amide bonds. The lowest BCUT2D eigenvalue weighted by atomic mass is 10.1. The van der Waals surface area contributed by atoms with Crippen LogP contribution in [0.25, 0.3) is 10.9 Å². The van der Waals surface area contributed by atoms with Crippen LogP contribution in [-0.4, -0.2) is 22.2 Å². The number of rotatable bonds is 3. The number of phenolic OH excluding ortho intramolecular Hbond substituents is 1. The molecule has 0 saturated heterocycles. The minimum absolute atomic E-state index is 0.113. The molecule has 0 fully saturated rings. The highest BCUT2D eigenvalue weighted by atomic mass is 16.3. The summed E-state index contributed by atoms with van der Waals surface area (Å²) in [5.41, 5.74) is 4.29. The van der Waals surface area contributed by atoms with E-state index in [9.17, 15) is 9.90 Å². The van der Waals surface area contributed by atoms with Gasteiger partial charge in [0.25, 0.3) is 5.91 Å². The van der Waals surface area contributed by atoms with E-state index in [1.807, 2.05) is 18.2 Å². The van der Waals surface area contributed by atoms with E-state index in [4.69, 9.17) is 0 Å². The van der Waals surface area contributed by atoms with Crippen molar-refractivity contribution in [3.63, 3.8) is 0 Å². The summed E-state index contributed by atoms with van der Waals surface area (Å²) in [7, 11) is 0. The molecular weight excluding hydrogens is 266 g/mol. The molecule has 0 aliphatic carbocycles. The fraction of sp³-hybridized carbons (Fsp3) is 0. The van der Waals surface area contributed by atoms with Gasteiger partial charge in [0.2, 0.25) is 0 Å². The van der Waals surface area contributed by atoms with Gasteiger partial charge >= 0.3 is 0 Å². The Bertz CT molecular complexity index is 821. The molecule has 104 valence electrons. The summed E-state index contributed by atoms with van der Waals surface area (Å²) in [6.45, 7) is 0. The Morgan fingerprint density at radius 2 is 2.00 bits per heavy atom. The number of carbonyl (C=O) groups is 1. The van der Waals surface area contributed by atoms with Crippen molar-refractivity contribution in [3.05, 3.63) is 65.9 Å². The predicted molar refractivity (Wildman–Crippen MR) is 81.5 cm³/mol. The van der Waals surface area contributed by atoms with Crippen molar-refractivity contribution in [1.82, 2.24) is 10.4 Å². The molecule has 3 aromatic rings. The largest absolute Gasteiger partial charge is 0.507 e. The number of amides is 1. The summed E-state index contributed by atoms with van der Waals surface area (Å²) in [5, 5.41) is 14.4. The summed E-state index contributed by atoms with van der Waals surface area (Å²) >= 11 is 0. The van der Waals surface area contributed by atoms with Gasteiger partial charge in [-0.3, -0.25) is 4.79 Å². The number of aromatic hydroxyl groups is 1. The maximum atomic E-state index is 12.1. The SMILES string of the molecule is O=C(NN=Cc1ccccc1O)c1cccc2cc[nH]c12. The molecule has 5 heteroatoms. The molecule has 0 bridgehead atoms. The number of benzene rings is 2. The Morgan fingerprint density at radius 1 is 1.14 bits per heavy atom. The first-order valence-electron chi connectivity index (χ1n) is 6.43. The van der Waals surface area contributed by atoms with Crippen LogP contribution in [0.2, 0.25) is 0 Å². The molecule has 0 saturated carbocycles. The maximum absolute atomic E-state index is 12.1. The quantitative estimate of drug-likeness (QED) is 0.509. The smallest absolute Gasteiger partial charge is 0.273 e. The standard InChI is InChI=1S/C16H13N3O2/c20-14-7-2-1-4-12(14)10-18-19-16(21)13-6-3-5-11-8-9-17-15(11)13/h1-10,17,20H,(H,19,21). The first-order valence-corrected chi connectivity index (χ1v) is 6.43. The highest BCUT2D eigenvalue weighted by Gasteiger charge is 2.09. The van der Waals surface area contributed by atoms with Crippen molar-refractivity contribution < 1.29 is 9.90 Å². The molecule has 0 spiro atoms. The average Bonchev–Trinajstić information content (AvgIpc) is 2.97. The maximum Gasteiger partial charge on any atom is 0.273 e. The molecule has 0 atom stereocenters. The van der Waals surface area contributed by atoms with E-state index < -0.39 is 0 Å². The summed E-state index contributed by atoms with van der Waals surface area (Å²) < 4.78 is 0. The van der Waals surface area contributed by atoms with Gasteiger partial charge in [-0.05, 0) is 24.3 Å². The minimum atomic E-state index is -0.310. The number of para-hydroxylation sites is 2. The molecule has 2 aromatic carbocycles. The first kappa shape index (κ1) is 12.9. The normalized spacial score (nSPS) is 11.0. The van der Waals surface area contributed by atoms with E-state index in [1.165, 1.54) is 6.21 Å². The molecule has 1 heterocycles. The number of aromatic nitrogens is 1. The van der Waals surface area contributed by atoms with E-state index in [0.29, 0.717) is 11.1 Å². The summed E-state index contributed by atoms with van der Waals surface area (Å²) in [4.78, 5) is 15.2. The monoisotopic (exact) mass is 279 g/mol. The van der Waals surface area contributed by atoms with Gasteiger partial charge in [-0.2, -0.15) is 5.10 Å². The van der Waals surface area contributed by atoms with Gasteiger partial charge < -0.3 is 10.1 Å². The second-order valence-electron chi connectivity index (χ2n) is 4.51. The van der Waals surface area contributed by atoms with Crippen molar-refractivity contribution in [2.45, 2.75) is 0 Å². The molecule has 0 aliphatic rings. The minimum Gasteiger partial charge on any atom is -0.507 e. The van der Waals surface area contributed by atoms with Gasteiger partial charge in [0.05, 0.1) is 17.3 Å². The Hall–Kier alpha value is -3.08. The second-order valence-corrected chi connectivity index (χ2v) is 4.51. The van der Waals surface area contributed by atoms with Crippen LogP contribution in [-0.2, 0) is 0 Å². The summed E-state index contributed by atoms with van der Waals surface area (Å²) in [6.07, 6.45) is 3.19. The second kappa shape index (κ2) is 5.50. The highest BCUT2D eigenvalue weighted by molar-refractivity contribution is 6.05. The molecule has 21 heavy (non-hydrogen) atoms. The number of hydrogen-bond donors (Lipinski definition) is 3. The van der Waals surface area contributed by atoms with E-state index in [2.05, 4.69) is 15.5 Å². The predicted octanol–water partition coefficient (Wildman–Crippen LogP) is 2.64. The van der Waals surface area contributed by atoms with Crippen molar-refractivity contribution in [2.75, 3.05) is 0 Å². The van der Waals surface area contributed by atoms with Crippen LogP contribution < -0.4 is 5.43 Å². The Labute approximate surface area is 120 Å². The van der Waals surface area contributed by atoms with Gasteiger partial charge in [0.1, 0.15) is 5.75 Å². The number of hydrogen-bond acceptors (Lipinski definition) is 3. The molecule has 1 aromatic heterocycles.